The molecule has 0 amide bonds. The summed E-state index contributed by atoms with van der Waals surface area (Å²) in [5.41, 5.74) is 0.722. The molecule has 0 aromatic heterocycles. The predicted molar refractivity (Wildman–Crippen MR) is 78.3 cm³/mol. The Bertz CT molecular complexity index is 555. The molecule has 2 aromatic rings. The van der Waals surface area contributed by atoms with E-state index in [1.165, 1.54) is 6.07 Å². The van der Waals surface area contributed by atoms with Gasteiger partial charge in [-0.1, -0.05) is 13.0 Å². The highest BCUT2D eigenvalue weighted by Gasteiger charge is 2.06. The zero-order valence-electron chi connectivity index (χ0n) is 11.2. The van der Waals surface area contributed by atoms with Gasteiger partial charge in [-0.15, -0.1) is 11.6 Å². The van der Waals surface area contributed by atoms with Crippen LogP contribution in [0.15, 0.2) is 42.5 Å². The minimum absolute atomic E-state index is 0.182. The van der Waals surface area contributed by atoms with Crippen molar-refractivity contribution in [3.63, 3.8) is 0 Å². The average Bonchev–Trinajstić information content (AvgIpc) is 2.48. The number of rotatable bonds is 6. The van der Waals surface area contributed by atoms with Crippen LogP contribution >= 0.6 is 11.6 Å². The predicted octanol–water partition coefficient (Wildman–Crippen LogP) is 5.15. The van der Waals surface area contributed by atoms with E-state index in [0.717, 1.165) is 17.7 Å². The van der Waals surface area contributed by atoms with Crippen molar-refractivity contribution in [3.8, 4) is 17.2 Å². The summed E-state index contributed by atoms with van der Waals surface area (Å²) in [6.07, 6.45) is 0.955. The monoisotopic (exact) mass is 294 g/mol. The van der Waals surface area contributed by atoms with E-state index in [1.807, 2.05) is 6.92 Å². The molecule has 0 fully saturated rings. The summed E-state index contributed by atoms with van der Waals surface area (Å²) in [4.78, 5) is 0. The van der Waals surface area contributed by atoms with Crippen LogP contribution in [-0.2, 0) is 5.88 Å². The molecule has 0 spiro atoms. The summed E-state index contributed by atoms with van der Waals surface area (Å²) >= 11 is 5.65. The van der Waals surface area contributed by atoms with Gasteiger partial charge in [0, 0.05) is 5.88 Å². The molecule has 0 aliphatic carbocycles. The van der Waals surface area contributed by atoms with Crippen molar-refractivity contribution >= 4 is 11.6 Å². The van der Waals surface area contributed by atoms with Gasteiger partial charge in [0.05, 0.1) is 6.61 Å². The lowest BCUT2D eigenvalue weighted by Crippen LogP contribution is -1.95. The summed E-state index contributed by atoms with van der Waals surface area (Å²) < 4.78 is 24.7. The molecule has 2 nitrogen and oxygen atoms in total. The molecule has 2 aromatic carbocycles. The third-order valence-electron chi connectivity index (χ3n) is 2.67. The maximum Gasteiger partial charge on any atom is 0.166 e. The Kier molecular flexibility index (Phi) is 5.24. The first-order valence-corrected chi connectivity index (χ1v) is 7.01. The summed E-state index contributed by atoms with van der Waals surface area (Å²) in [5, 5.41) is 0. The van der Waals surface area contributed by atoms with Crippen LogP contribution < -0.4 is 9.47 Å². The Labute approximate surface area is 123 Å². The van der Waals surface area contributed by atoms with Crippen molar-refractivity contribution in [3.05, 3.63) is 53.8 Å². The van der Waals surface area contributed by atoms with Gasteiger partial charge in [0.2, 0.25) is 0 Å². The van der Waals surface area contributed by atoms with Crippen LogP contribution in [0.25, 0.3) is 0 Å². The number of ether oxygens (including phenoxy) is 2. The Morgan fingerprint density at radius 3 is 2.35 bits per heavy atom. The van der Waals surface area contributed by atoms with Crippen molar-refractivity contribution in [1.82, 2.24) is 0 Å². The molecule has 0 saturated heterocycles. The molecule has 2 rings (SSSR count). The van der Waals surface area contributed by atoms with E-state index in [1.54, 1.807) is 36.4 Å². The minimum Gasteiger partial charge on any atom is -0.494 e. The molecule has 0 radical (unpaired) electrons. The molecular weight excluding hydrogens is 279 g/mol. The SMILES string of the molecule is CCCOc1ccc(Oc2ccc(CCl)cc2F)cc1. The normalized spacial score (nSPS) is 10.3. The average molecular weight is 295 g/mol. The van der Waals surface area contributed by atoms with Gasteiger partial charge in [-0.25, -0.2) is 4.39 Å². The molecular formula is C16H16ClFO2. The molecule has 0 N–H and O–H groups in total. The zero-order chi connectivity index (χ0) is 14.4. The minimum atomic E-state index is -0.422. The number of hydrogen-bond donors (Lipinski definition) is 0. The Morgan fingerprint density at radius 2 is 1.75 bits per heavy atom. The summed E-state index contributed by atoms with van der Waals surface area (Å²) in [6.45, 7) is 2.72. The van der Waals surface area contributed by atoms with Gasteiger partial charge in [0.15, 0.2) is 11.6 Å². The van der Waals surface area contributed by atoms with Crippen molar-refractivity contribution in [2.75, 3.05) is 6.61 Å². The zero-order valence-corrected chi connectivity index (χ0v) is 12.0. The van der Waals surface area contributed by atoms with Gasteiger partial charge in [-0.05, 0) is 48.4 Å². The van der Waals surface area contributed by atoms with E-state index in [4.69, 9.17) is 21.1 Å². The van der Waals surface area contributed by atoms with Crippen molar-refractivity contribution in [1.29, 1.82) is 0 Å². The highest BCUT2D eigenvalue weighted by molar-refractivity contribution is 6.17. The molecule has 0 heterocycles. The number of alkyl halides is 1. The van der Waals surface area contributed by atoms with Crippen LogP contribution in [0, 0.1) is 5.82 Å². The Hall–Kier alpha value is -1.74. The van der Waals surface area contributed by atoms with Crippen LogP contribution in [0.3, 0.4) is 0 Å². The fraction of sp³-hybridized carbons (Fsp3) is 0.250. The fourth-order valence-electron chi connectivity index (χ4n) is 1.66. The first-order chi connectivity index (χ1) is 9.72. The van der Waals surface area contributed by atoms with E-state index in [0.29, 0.717) is 12.4 Å². The van der Waals surface area contributed by atoms with Crippen LogP contribution in [0.4, 0.5) is 4.39 Å². The molecule has 0 aliphatic heterocycles. The number of benzene rings is 2. The topological polar surface area (TPSA) is 18.5 Å². The van der Waals surface area contributed by atoms with E-state index in [9.17, 15) is 4.39 Å². The molecule has 0 unspecified atom stereocenters. The molecule has 0 aliphatic rings. The second kappa shape index (κ2) is 7.15. The van der Waals surface area contributed by atoms with Gasteiger partial charge in [0.25, 0.3) is 0 Å². The second-order valence-electron chi connectivity index (χ2n) is 4.32. The summed E-state index contributed by atoms with van der Waals surface area (Å²) in [6, 6.07) is 11.8. The Morgan fingerprint density at radius 1 is 1.05 bits per heavy atom. The van der Waals surface area contributed by atoms with Crippen LogP contribution in [0.5, 0.6) is 17.2 Å². The number of hydrogen-bond acceptors (Lipinski definition) is 2. The van der Waals surface area contributed by atoms with Gasteiger partial charge in [-0.2, -0.15) is 0 Å². The fourth-order valence-corrected chi connectivity index (χ4v) is 1.83. The largest absolute Gasteiger partial charge is 0.494 e. The summed E-state index contributed by atoms with van der Waals surface area (Å²) in [5.74, 6) is 1.37. The standard InChI is InChI=1S/C16H16ClFO2/c1-2-9-19-13-4-6-14(7-5-13)20-16-8-3-12(11-17)10-15(16)18/h3-8,10H,2,9,11H2,1H3. The molecule has 4 heteroatoms. The first kappa shape index (κ1) is 14.7. The van der Waals surface area contributed by atoms with Gasteiger partial charge >= 0.3 is 0 Å². The second-order valence-corrected chi connectivity index (χ2v) is 4.59. The third kappa shape index (κ3) is 3.87. The highest BCUT2D eigenvalue weighted by Crippen LogP contribution is 2.27. The van der Waals surface area contributed by atoms with Crippen molar-refractivity contribution in [2.24, 2.45) is 0 Å². The number of halogens is 2. The maximum absolute atomic E-state index is 13.8. The van der Waals surface area contributed by atoms with Gasteiger partial charge < -0.3 is 9.47 Å². The lowest BCUT2D eigenvalue weighted by Gasteiger charge is -2.09. The molecule has 0 bridgehead atoms. The van der Waals surface area contributed by atoms with E-state index >= 15 is 0 Å². The molecule has 106 valence electrons. The van der Waals surface area contributed by atoms with E-state index in [-0.39, 0.29) is 11.6 Å². The smallest absolute Gasteiger partial charge is 0.166 e. The van der Waals surface area contributed by atoms with Crippen LogP contribution in [0.2, 0.25) is 0 Å². The van der Waals surface area contributed by atoms with Crippen LogP contribution in [-0.4, -0.2) is 6.61 Å². The van der Waals surface area contributed by atoms with Crippen molar-refractivity contribution in [2.45, 2.75) is 19.2 Å². The third-order valence-corrected chi connectivity index (χ3v) is 2.98. The molecule has 0 atom stereocenters. The quantitative estimate of drug-likeness (QED) is 0.686. The molecule has 20 heavy (non-hydrogen) atoms. The van der Waals surface area contributed by atoms with Gasteiger partial charge in [0.1, 0.15) is 11.5 Å². The van der Waals surface area contributed by atoms with E-state index < -0.39 is 5.82 Å². The van der Waals surface area contributed by atoms with Crippen molar-refractivity contribution < 1.29 is 13.9 Å². The lowest BCUT2D eigenvalue weighted by atomic mass is 10.2. The lowest BCUT2D eigenvalue weighted by molar-refractivity contribution is 0.317. The summed E-state index contributed by atoms with van der Waals surface area (Å²) in [7, 11) is 0. The van der Waals surface area contributed by atoms with Gasteiger partial charge in [-0.3, -0.25) is 0 Å². The first-order valence-electron chi connectivity index (χ1n) is 6.48. The van der Waals surface area contributed by atoms with Crippen LogP contribution in [0.1, 0.15) is 18.9 Å². The highest BCUT2D eigenvalue weighted by atomic mass is 35.5. The van der Waals surface area contributed by atoms with E-state index in [2.05, 4.69) is 0 Å². The maximum atomic E-state index is 13.8. The molecule has 0 saturated carbocycles. The Balaban J connectivity index is 2.06.